The zero-order chi connectivity index (χ0) is 18.1. The lowest BCUT2D eigenvalue weighted by Crippen LogP contribution is -2.43. The van der Waals surface area contributed by atoms with Crippen LogP contribution in [0.1, 0.15) is 24.2 Å². The molecular weight excluding hydrogens is 337 g/mol. The first-order chi connectivity index (χ1) is 11.8. The highest BCUT2D eigenvalue weighted by atomic mass is 19.4. The summed E-state index contributed by atoms with van der Waals surface area (Å²) < 4.78 is 44.1. The van der Waals surface area contributed by atoms with Crippen molar-refractivity contribution in [3.8, 4) is 0 Å². The van der Waals surface area contributed by atoms with Crippen LogP contribution in [0.15, 0.2) is 47.1 Å². The smallest absolute Gasteiger partial charge is 0.418 e. The number of aliphatic hydroxyl groups is 1. The summed E-state index contributed by atoms with van der Waals surface area (Å²) in [6.07, 6.45) is -1.58. The van der Waals surface area contributed by atoms with Crippen LogP contribution < -0.4 is 10.6 Å². The number of halogens is 3. The van der Waals surface area contributed by atoms with Crippen LogP contribution in [0.25, 0.3) is 0 Å². The molecule has 0 saturated heterocycles. The van der Waals surface area contributed by atoms with Gasteiger partial charge in [-0.3, -0.25) is 0 Å². The molecule has 0 unspecified atom stereocenters. The van der Waals surface area contributed by atoms with E-state index in [0.717, 1.165) is 18.9 Å². The standard InChI is InChI=1S/C17H17F3N2O3/c18-17(19,20)12-4-1-2-5-13(12)22-15(23)21-10-16(24,11-7-8-11)14-6-3-9-25-14/h1-6,9,11,24H,7-8,10H2,(H2,21,22,23)/t16-/m0/s1. The van der Waals surface area contributed by atoms with Crippen molar-refractivity contribution in [3.05, 3.63) is 54.0 Å². The normalized spacial score (nSPS) is 17.0. The maximum absolute atomic E-state index is 12.9. The first-order valence-electron chi connectivity index (χ1n) is 7.78. The van der Waals surface area contributed by atoms with Gasteiger partial charge in [-0.2, -0.15) is 13.2 Å². The maximum atomic E-state index is 12.9. The molecule has 0 radical (unpaired) electrons. The lowest BCUT2D eigenvalue weighted by molar-refractivity contribution is -0.136. The molecule has 1 aromatic heterocycles. The van der Waals surface area contributed by atoms with Crippen molar-refractivity contribution in [3.63, 3.8) is 0 Å². The summed E-state index contributed by atoms with van der Waals surface area (Å²) in [4.78, 5) is 12.0. The Morgan fingerprint density at radius 2 is 1.92 bits per heavy atom. The number of urea groups is 1. The number of anilines is 1. The van der Waals surface area contributed by atoms with Crippen LogP contribution >= 0.6 is 0 Å². The number of furan rings is 1. The highest BCUT2D eigenvalue weighted by molar-refractivity contribution is 5.90. The topological polar surface area (TPSA) is 74.5 Å². The SMILES string of the molecule is O=C(NC[C@@](O)(c1ccco1)C1CC1)Nc1ccccc1C(F)(F)F. The Morgan fingerprint density at radius 1 is 1.20 bits per heavy atom. The molecule has 1 aliphatic carbocycles. The van der Waals surface area contributed by atoms with E-state index in [1.165, 1.54) is 24.5 Å². The lowest BCUT2D eigenvalue weighted by Gasteiger charge is -2.26. The third-order valence-corrected chi connectivity index (χ3v) is 4.20. The number of para-hydroxylation sites is 1. The fraction of sp³-hybridized carbons (Fsp3) is 0.353. The molecule has 0 aliphatic heterocycles. The molecule has 1 fully saturated rings. The second kappa shape index (κ2) is 6.44. The van der Waals surface area contributed by atoms with Crippen molar-refractivity contribution in [2.24, 2.45) is 5.92 Å². The highest BCUT2D eigenvalue weighted by Gasteiger charge is 2.47. The van der Waals surface area contributed by atoms with Crippen LogP contribution in [-0.2, 0) is 11.8 Å². The Labute approximate surface area is 141 Å². The summed E-state index contributed by atoms with van der Waals surface area (Å²) in [7, 11) is 0. The van der Waals surface area contributed by atoms with Gasteiger partial charge in [-0.05, 0) is 43.0 Å². The molecule has 5 nitrogen and oxygen atoms in total. The quantitative estimate of drug-likeness (QED) is 0.766. The number of nitrogens with one attached hydrogen (secondary N) is 2. The predicted molar refractivity (Wildman–Crippen MR) is 83.8 cm³/mol. The molecule has 2 aromatic rings. The van der Waals surface area contributed by atoms with E-state index in [1.54, 1.807) is 12.1 Å². The number of carbonyl (C=O) groups is 1. The van der Waals surface area contributed by atoms with Crippen LogP contribution in [0.3, 0.4) is 0 Å². The second-order valence-corrected chi connectivity index (χ2v) is 6.03. The van der Waals surface area contributed by atoms with E-state index in [0.29, 0.717) is 5.76 Å². The highest BCUT2D eigenvalue weighted by Crippen LogP contribution is 2.45. The van der Waals surface area contributed by atoms with Gasteiger partial charge in [-0.25, -0.2) is 4.79 Å². The molecule has 2 amide bonds. The molecule has 25 heavy (non-hydrogen) atoms. The van der Waals surface area contributed by atoms with E-state index >= 15 is 0 Å². The summed E-state index contributed by atoms with van der Waals surface area (Å²) >= 11 is 0. The Hall–Kier alpha value is -2.48. The summed E-state index contributed by atoms with van der Waals surface area (Å²) in [5, 5.41) is 15.4. The number of rotatable bonds is 5. The van der Waals surface area contributed by atoms with Crippen molar-refractivity contribution in [2.75, 3.05) is 11.9 Å². The molecule has 0 spiro atoms. The number of carbonyl (C=O) groups excluding carboxylic acids is 1. The number of amides is 2. The van der Waals surface area contributed by atoms with Crippen molar-refractivity contribution in [1.82, 2.24) is 5.32 Å². The van der Waals surface area contributed by atoms with Crippen LogP contribution in [0, 0.1) is 5.92 Å². The predicted octanol–water partition coefficient (Wildman–Crippen LogP) is 3.72. The van der Waals surface area contributed by atoms with Crippen LogP contribution in [-0.4, -0.2) is 17.7 Å². The van der Waals surface area contributed by atoms with Crippen LogP contribution in [0.2, 0.25) is 0 Å². The molecule has 1 saturated carbocycles. The second-order valence-electron chi connectivity index (χ2n) is 6.03. The van der Waals surface area contributed by atoms with Gasteiger partial charge in [0.25, 0.3) is 0 Å². The maximum Gasteiger partial charge on any atom is 0.418 e. The largest absolute Gasteiger partial charge is 0.466 e. The summed E-state index contributed by atoms with van der Waals surface area (Å²) in [5.74, 6) is 0.271. The minimum Gasteiger partial charge on any atom is -0.466 e. The Bertz CT molecular complexity index is 742. The molecule has 1 aliphatic rings. The van der Waals surface area contributed by atoms with E-state index in [2.05, 4.69) is 10.6 Å². The zero-order valence-electron chi connectivity index (χ0n) is 13.1. The van der Waals surface area contributed by atoms with Gasteiger partial charge in [0.15, 0.2) is 0 Å². The Morgan fingerprint density at radius 3 is 2.52 bits per heavy atom. The Kier molecular flexibility index (Phi) is 4.47. The average molecular weight is 354 g/mol. The van der Waals surface area contributed by atoms with Crippen LogP contribution in [0.5, 0.6) is 0 Å². The minimum absolute atomic E-state index is 0.0542. The molecule has 8 heteroatoms. The van der Waals surface area contributed by atoms with Gasteiger partial charge in [0.2, 0.25) is 0 Å². The van der Waals surface area contributed by atoms with E-state index in [4.69, 9.17) is 4.42 Å². The molecule has 1 atom stereocenters. The summed E-state index contributed by atoms with van der Waals surface area (Å²) in [6, 6.07) is 7.10. The first-order valence-corrected chi connectivity index (χ1v) is 7.78. The van der Waals surface area contributed by atoms with Gasteiger partial charge in [0.05, 0.1) is 24.1 Å². The van der Waals surface area contributed by atoms with E-state index in [-0.39, 0.29) is 18.2 Å². The van der Waals surface area contributed by atoms with Crippen molar-refractivity contribution >= 4 is 11.7 Å². The molecule has 3 N–H and O–H groups in total. The minimum atomic E-state index is -4.58. The molecule has 0 bridgehead atoms. The number of benzene rings is 1. The van der Waals surface area contributed by atoms with Crippen molar-refractivity contribution < 1.29 is 27.5 Å². The number of hydrogen-bond donors (Lipinski definition) is 3. The molecular formula is C17H17F3N2O3. The summed E-state index contributed by atoms with van der Waals surface area (Å²) in [6.45, 7) is -0.162. The third kappa shape index (κ3) is 3.79. The van der Waals surface area contributed by atoms with Crippen LogP contribution in [0.4, 0.5) is 23.7 Å². The lowest BCUT2D eigenvalue weighted by atomic mass is 9.94. The van der Waals surface area contributed by atoms with E-state index < -0.39 is 23.4 Å². The number of alkyl halides is 3. The van der Waals surface area contributed by atoms with Crippen molar-refractivity contribution in [2.45, 2.75) is 24.6 Å². The van der Waals surface area contributed by atoms with Gasteiger partial charge in [0.1, 0.15) is 11.4 Å². The van der Waals surface area contributed by atoms with E-state index in [9.17, 15) is 23.1 Å². The first kappa shape index (κ1) is 17.3. The van der Waals surface area contributed by atoms with Gasteiger partial charge < -0.3 is 20.2 Å². The monoisotopic (exact) mass is 354 g/mol. The fourth-order valence-corrected chi connectivity index (χ4v) is 2.74. The summed E-state index contributed by atoms with van der Waals surface area (Å²) in [5.41, 5.74) is -2.65. The Balaban J connectivity index is 1.68. The zero-order valence-corrected chi connectivity index (χ0v) is 13.1. The van der Waals surface area contributed by atoms with Gasteiger partial charge >= 0.3 is 12.2 Å². The van der Waals surface area contributed by atoms with Crippen molar-refractivity contribution in [1.29, 1.82) is 0 Å². The van der Waals surface area contributed by atoms with Gasteiger partial charge in [0, 0.05) is 0 Å². The third-order valence-electron chi connectivity index (χ3n) is 4.20. The van der Waals surface area contributed by atoms with Gasteiger partial charge in [-0.15, -0.1) is 0 Å². The molecule has 1 aromatic carbocycles. The fourth-order valence-electron chi connectivity index (χ4n) is 2.74. The van der Waals surface area contributed by atoms with E-state index in [1.807, 2.05) is 0 Å². The molecule has 1 heterocycles. The molecule has 3 rings (SSSR count). The molecule has 134 valence electrons. The van der Waals surface area contributed by atoms with Gasteiger partial charge in [-0.1, -0.05) is 12.1 Å². The number of hydrogen-bond acceptors (Lipinski definition) is 3. The average Bonchev–Trinajstić information content (AvgIpc) is 3.27.